The van der Waals surface area contributed by atoms with Crippen molar-refractivity contribution in [2.75, 3.05) is 13.2 Å². The lowest BCUT2D eigenvalue weighted by Crippen LogP contribution is -2.30. The van der Waals surface area contributed by atoms with Gasteiger partial charge in [-0.1, -0.05) is 236 Å². The third-order valence-electron chi connectivity index (χ3n) is 10.2. The molecule has 0 aromatic heterocycles. The number of hydrogen-bond donors (Lipinski definition) is 0. The second-order valence-corrected chi connectivity index (χ2v) is 15.8. The fraction of sp³-hybridized carbons (Fsp3) is 0.745. The summed E-state index contributed by atoms with van der Waals surface area (Å²) < 4.78 is 16.7. The highest BCUT2D eigenvalue weighted by Crippen LogP contribution is 2.15. The van der Waals surface area contributed by atoms with Crippen molar-refractivity contribution in [2.24, 2.45) is 0 Å². The van der Waals surface area contributed by atoms with Crippen molar-refractivity contribution in [3.8, 4) is 0 Å². The van der Waals surface area contributed by atoms with Gasteiger partial charge in [0.1, 0.15) is 13.2 Å². The molecule has 328 valence electrons. The lowest BCUT2D eigenvalue weighted by atomic mass is 10.0. The molecule has 0 rings (SSSR count). The van der Waals surface area contributed by atoms with Crippen LogP contribution in [0.5, 0.6) is 0 Å². The van der Waals surface area contributed by atoms with Gasteiger partial charge >= 0.3 is 17.9 Å². The lowest BCUT2D eigenvalue weighted by Gasteiger charge is -2.18. The van der Waals surface area contributed by atoms with Crippen molar-refractivity contribution in [2.45, 2.75) is 232 Å². The first-order chi connectivity index (χ1) is 28.0. The average molecular weight is 797 g/mol. The van der Waals surface area contributed by atoms with Crippen LogP contribution in [-0.2, 0) is 28.6 Å². The third kappa shape index (κ3) is 44.1. The summed E-state index contributed by atoms with van der Waals surface area (Å²) in [4.78, 5) is 37.8. The predicted octanol–water partition coefficient (Wildman–Crippen LogP) is 15.3. The van der Waals surface area contributed by atoms with Gasteiger partial charge in [-0.2, -0.15) is 0 Å². The molecule has 0 saturated heterocycles. The number of carbonyl (C=O) groups excluding carboxylic acids is 3. The van der Waals surface area contributed by atoms with E-state index < -0.39 is 6.10 Å². The van der Waals surface area contributed by atoms with Gasteiger partial charge in [0.25, 0.3) is 0 Å². The normalized spacial score (nSPS) is 12.5. The molecule has 57 heavy (non-hydrogen) atoms. The van der Waals surface area contributed by atoms with Crippen LogP contribution in [0.3, 0.4) is 0 Å². The van der Waals surface area contributed by atoms with Gasteiger partial charge in [-0.3, -0.25) is 14.4 Å². The fourth-order valence-electron chi connectivity index (χ4n) is 6.59. The minimum absolute atomic E-state index is 0.0998. The van der Waals surface area contributed by atoms with Crippen LogP contribution in [0.2, 0.25) is 0 Å². The van der Waals surface area contributed by atoms with Crippen LogP contribution in [0, 0.1) is 0 Å². The van der Waals surface area contributed by atoms with Gasteiger partial charge in [-0.05, 0) is 32.1 Å². The minimum atomic E-state index is -0.805. The number of hydrogen-bond acceptors (Lipinski definition) is 6. The summed E-state index contributed by atoms with van der Waals surface area (Å²) in [5.74, 6) is -0.972. The quantitative estimate of drug-likeness (QED) is 0.0265. The Labute approximate surface area is 351 Å². The molecule has 0 N–H and O–H groups in total. The summed E-state index contributed by atoms with van der Waals surface area (Å²) in [5, 5.41) is 0. The summed E-state index contributed by atoms with van der Waals surface area (Å²) >= 11 is 0. The van der Waals surface area contributed by atoms with Crippen LogP contribution >= 0.6 is 0 Å². The van der Waals surface area contributed by atoms with Crippen molar-refractivity contribution in [1.82, 2.24) is 0 Å². The number of allylic oxidation sites excluding steroid dienone is 10. The highest BCUT2D eigenvalue weighted by atomic mass is 16.6. The predicted molar refractivity (Wildman–Crippen MR) is 242 cm³/mol. The van der Waals surface area contributed by atoms with E-state index in [1.165, 1.54) is 128 Å². The molecule has 0 aliphatic heterocycles. The summed E-state index contributed by atoms with van der Waals surface area (Å²) in [6.07, 6.45) is 54.9. The third-order valence-corrected chi connectivity index (χ3v) is 10.2. The number of rotatable bonds is 42. The van der Waals surface area contributed by atoms with E-state index >= 15 is 0 Å². The Hall–Kier alpha value is -2.89. The molecule has 0 heterocycles. The first-order valence-electron chi connectivity index (χ1n) is 23.9. The Bertz CT molecular complexity index is 1050. The number of unbranched alkanes of at least 4 members (excludes halogenated alkanes) is 25. The highest BCUT2D eigenvalue weighted by molar-refractivity contribution is 5.71. The van der Waals surface area contributed by atoms with E-state index in [0.717, 1.165) is 51.4 Å². The largest absolute Gasteiger partial charge is 0.462 e. The molecule has 0 bridgehead atoms. The maximum absolute atomic E-state index is 12.7. The van der Waals surface area contributed by atoms with Crippen LogP contribution in [0.1, 0.15) is 226 Å². The Balaban J connectivity index is 4.46. The number of carbonyl (C=O) groups is 3. The number of ether oxygens (including phenoxy) is 3. The summed E-state index contributed by atoms with van der Waals surface area (Å²) in [7, 11) is 0. The second kappa shape index (κ2) is 45.8. The van der Waals surface area contributed by atoms with Crippen LogP contribution in [-0.4, -0.2) is 37.2 Å². The average Bonchev–Trinajstić information content (AvgIpc) is 3.21. The van der Waals surface area contributed by atoms with Gasteiger partial charge in [0.2, 0.25) is 0 Å². The van der Waals surface area contributed by atoms with Crippen molar-refractivity contribution in [1.29, 1.82) is 0 Å². The molecule has 1 unspecified atom stereocenters. The molecule has 0 radical (unpaired) electrons. The van der Waals surface area contributed by atoms with Gasteiger partial charge in [0, 0.05) is 19.3 Å². The molecular formula is C51H88O6. The molecule has 0 aromatic carbocycles. The first-order valence-corrected chi connectivity index (χ1v) is 23.9. The Kier molecular flexibility index (Phi) is 43.5. The second-order valence-electron chi connectivity index (χ2n) is 15.8. The van der Waals surface area contributed by atoms with Crippen LogP contribution in [0.25, 0.3) is 0 Å². The molecule has 1 atom stereocenters. The zero-order valence-corrected chi connectivity index (χ0v) is 37.3. The Morgan fingerprint density at radius 2 is 0.684 bits per heavy atom. The zero-order chi connectivity index (χ0) is 41.5. The van der Waals surface area contributed by atoms with Crippen LogP contribution in [0.4, 0.5) is 0 Å². The van der Waals surface area contributed by atoms with Crippen molar-refractivity contribution in [3.63, 3.8) is 0 Å². The Morgan fingerprint density at radius 1 is 0.368 bits per heavy atom. The topological polar surface area (TPSA) is 78.9 Å². The molecule has 0 amide bonds. The van der Waals surface area contributed by atoms with Gasteiger partial charge in [-0.15, -0.1) is 0 Å². The van der Waals surface area contributed by atoms with E-state index in [-0.39, 0.29) is 37.5 Å². The SMILES string of the molecule is CC\C=C/C=C\C=C/C=C\C=C/CCCC(=O)OC(COC(=O)CCCCCCCCCCCCCC)COC(=O)CCCCCCCCCCCCCCCC. The molecule has 0 spiro atoms. The molecule has 0 aliphatic carbocycles. The van der Waals surface area contributed by atoms with Crippen molar-refractivity contribution >= 4 is 17.9 Å². The highest BCUT2D eigenvalue weighted by Gasteiger charge is 2.19. The summed E-state index contributed by atoms with van der Waals surface area (Å²) in [6, 6.07) is 0. The van der Waals surface area contributed by atoms with E-state index in [1.807, 2.05) is 54.7 Å². The van der Waals surface area contributed by atoms with E-state index in [1.54, 1.807) is 0 Å². The molecule has 0 aliphatic rings. The van der Waals surface area contributed by atoms with Crippen LogP contribution in [0.15, 0.2) is 60.8 Å². The summed E-state index contributed by atoms with van der Waals surface area (Å²) in [6.45, 7) is 6.43. The molecular weight excluding hydrogens is 709 g/mol. The van der Waals surface area contributed by atoms with Gasteiger partial charge in [-0.25, -0.2) is 0 Å². The van der Waals surface area contributed by atoms with E-state index in [9.17, 15) is 14.4 Å². The molecule has 6 nitrogen and oxygen atoms in total. The van der Waals surface area contributed by atoms with Crippen molar-refractivity contribution in [3.05, 3.63) is 60.8 Å². The van der Waals surface area contributed by atoms with Crippen LogP contribution < -0.4 is 0 Å². The van der Waals surface area contributed by atoms with Gasteiger partial charge < -0.3 is 14.2 Å². The maximum Gasteiger partial charge on any atom is 0.306 e. The lowest BCUT2D eigenvalue weighted by molar-refractivity contribution is -0.167. The van der Waals surface area contributed by atoms with Gasteiger partial charge in [0.05, 0.1) is 0 Å². The zero-order valence-electron chi connectivity index (χ0n) is 37.3. The van der Waals surface area contributed by atoms with Crippen molar-refractivity contribution < 1.29 is 28.6 Å². The molecule has 0 fully saturated rings. The smallest absolute Gasteiger partial charge is 0.306 e. The minimum Gasteiger partial charge on any atom is -0.462 e. The van der Waals surface area contributed by atoms with Gasteiger partial charge in [0.15, 0.2) is 6.10 Å². The monoisotopic (exact) mass is 797 g/mol. The van der Waals surface area contributed by atoms with E-state index in [2.05, 4.69) is 26.8 Å². The van der Waals surface area contributed by atoms with E-state index in [0.29, 0.717) is 19.3 Å². The number of esters is 3. The standard InChI is InChI=1S/C51H88O6/c1-4-7-10-13-16-19-22-25-27-29-32-35-38-41-44-50(53)56-47-48(46-55-49(52)43-40-37-34-31-28-24-21-18-15-12-9-6-3)57-51(54)45-42-39-36-33-30-26-23-20-17-14-11-8-5-2/h8,11,14,17,20,23,26,30,33,36,48H,4-7,9-10,12-13,15-16,18-19,21-22,24-25,27-29,31-32,34-35,37-47H2,1-3H3/b11-8-,17-14-,23-20-,30-26-,36-33-. The first kappa shape index (κ1) is 54.1. The fourth-order valence-corrected chi connectivity index (χ4v) is 6.59. The van der Waals surface area contributed by atoms with E-state index in [4.69, 9.17) is 14.2 Å². The maximum atomic E-state index is 12.7. The molecule has 0 aromatic rings. The molecule has 0 saturated carbocycles. The molecule has 6 heteroatoms. The Morgan fingerprint density at radius 3 is 1.05 bits per heavy atom. The summed E-state index contributed by atoms with van der Waals surface area (Å²) in [5.41, 5.74) is 0.